The predicted octanol–water partition coefficient (Wildman–Crippen LogP) is -1.69. The van der Waals surface area contributed by atoms with Crippen LogP contribution < -0.4 is 0 Å². The van der Waals surface area contributed by atoms with E-state index >= 15 is 0 Å². The lowest BCUT2D eigenvalue weighted by Crippen LogP contribution is -2.38. The van der Waals surface area contributed by atoms with E-state index in [0.717, 1.165) is 6.54 Å². The van der Waals surface area contributed by atoms with Crippen LogP contribution in [-0.2, 0) is 0 Å². The van der Waals surface area contributed by atoms with Gasteiger partial charge in [0.15, 0.2) is 0 Å². The Kier molecular flexibility index (Phi) is 4.83. The highest BCUT2D eigenvalue weighted by Crippen LogP contribution is 2.07. The first kappa shape index (κ1) is 13.9. The van der Waals surface area contributed by atoms with Crippen LogP contribution in [-0.4, -0.2) is 86.5 Å². The molecule has 1 aliphatic rings. The van der Waals surface area contributed by atoms with Crippen LogP contribution in [0.1, 0.15) is 17.0 Å². The minimum absolute atomic E-state index is 0.132. The molecule has 106 valence electrons. The summed E-state index contributed by atoms with van der Waals surface area (Å²) in [6.07, 6.45) is 1.37. The zero-order valence-electron chi connectivity index (χ0n) is 10.7. The fourth-order valence-electron chi connectivity index (χ4n) is 2.20. The average Bonchev–Trinajstić information content (AvgIpc) is 2.86. The van der Waals surface area contributed by atoms with Gasteiger partial charge >= 0.3 is 0 Å². The maximum absolute atomic E-state index is 12.1. The Balaban J connectivity index is 1.95. The van der Waals surface area contributed by atoms with E-state index in [1.807, 2.05) is 0 Å². The van der Waals surface area contributed by atoms with Crippen LogP contribution >= 0.6 is 0 Å². The van der Waals surface area contributed by atoms with Crippen molar-refractivity contribution in [2.24, 2.45) is 0 Å². The van der Waals surface area contributed by atoms with Crippen LogP contribution in [0.5, 0.6) is 0 Å². The van der Waals surface area contributed by atoms with Gasteiger partial charge in [0.05, 0.1) is 6.10 Å². The number of H-pyrrole nitrogens is 1. The smallest absolute Gasteiger partial charge is 0.291 e. The quantitative estimate of drug-likeness (QED) is 0.602. The number of rotatable bonds is 4. The minimum Gasteiger partial charge on any atom is -0.396 e. The summed E-state index contributed by atoms with van der Waals surface area (Å²) < 4.78 is 0. The lowest BCUT2D eigenvalue weighted by Gasteiger charge is -2.20. The van der Waals surface area contributed by atoms with Crippen molar-refractivity contribution in [3.63, 3.8) is 0 Å². The third-order valence-corrected chi connectivity index (χ3v) is 3.12. The lowest BCUT2D eigenvalue weighted by molar-refractivity contribution is 0.0652. The topological polar surface area (TPSA) is 106 Å². The fraction of sp³-hybridized carbons (Fsp3) is 0.727. The summed E-state index contributed by atoms with van der Waals surface area (Å²) in [5.74, 6) is -0.0587. The molecule has 2 heterocycles. The zero-order chi connectivity index (χ0) is 13.7. The van der Waals surface area contributed by atoms with Crippen molar-refractivity contribution in [3.05, 3.63) is 12.2 Å². The van der Waals surface area contributed by atoms with E-state index in [4.69, 9.17) is 5.11 Å². The molecule has 0 radical (unpaired) electrons. The summed E-state index contributed by atoms with van der Waals surface area (Å²) in [5, 5.41) is 24.9. The number of carbonyl (C=O) groups is 1. The number of aromatic amines is 1. The van der Waals surface area contributed by atoms with E-state index in [0.29, 0.717) is 26.1 Å². The third kappa shape index (κ3) is 3.72. The Morgan fingerprint density at radius 1 is 1.47 bits per heavy atom. The van der Waals surface area contributed by atoms with Crippen LogP contribution in [0, 0.1) is 0 Å². The molecule has 0 spiro atoms. The zero-order valence-corrected chi connectivity index (χ0v) is 10.7. The van der Waals surface area contributed by atoms with Crippen molar-refractivity contribution < 1.29 is 15.0 Å². The van der Waals surface area contributed by atoms with E-state index in [2.05, 4.69) is 20.1 Å². The summed E-state index contributed by atoms with van der Waals surface area (Å²) >= 11 is 0. The van der Waals surface area contributed by atoms with Crippen molar-refractivity contribution in [3.8, 4) is 0 Å². The molecule has 1 aliphatic heterocycles. The molecule has 0 bridgehead atoms. The summed E-state index contributed by atoms with van der Waals surface area (Å²) in [6.45, 7) is 2.86. The summed E-state index contributed by atoms with van der Waals surface area (Å²) in [5.41, 5.74) is 0. The van der Waals surface area contributed by atoms with Crippen molar-refractivity contribution >= 4 is 5.91 Å². The highest BCUT2D eigenvalue weighted by molar-refractivity contribution is 5.90. The van der Waals surface area contributed by atoms with Crippen molar-refractivity contribution in [2.75, 3.05) is 39.3 Å². The Labute approximate surface area is 111 Å². The van der Waals surface area contributed by atoms with Crippen molar-refractivity contribution in [1.82, 2.24) is 25.0 Å². The summed E-state index contributed by atoms with van der Waals surface area (Å²) in [7, 11) is 0. The number of carbonyl (C=O) groups excluding carboxylic acids is 1. The number of nitrogens with one attached hydrogen (secondary N) is 1. The fourth-order valence-corrected chi connectivity index (χ4v) is 2.20. The SMILES string of the molecule is O=C(c1ncn[nH]1)N1CCN(CCCO)CC(O)C1. The van der Waals surface area contributed by atoms with Gasteiger partial charge in [-0.3, -0.25) is 14.8 Å². The second-order valence-electron chi connectivity index (χ2n) is 4.62. The van der Waals surface area contributed by atoms with E-state index < -0.39 is 6.10 Å². The van der Waals surface area contributed by atoms with Gasteiger partial charge in [0.25, 0.3) is 5.91 Å². The molecule has 1 saturated heterocycles. The molecule has 0 saturated carbocycles. The van der Waals surface area contributed by atoms with Gasteiger partial charge < -0.3 is 15.1 Å². The molecule has 3 N–H and O–H groups in total. The molecule has 19 heavy (non-hydrogen) atoms. The van der Waals surface area contributed by atoms with E-state index in [1.54, 1.807) is 4.90 Å². The largest absolute Gasteiger partial charge is 0.396 e. The predicted molar refractivity (Wildman–Crippen MR) is 66.4 cm³/mol. The molecule has 1 fully saturated rings. The second-order valence-corrected chi connectivity index (χ2v) is 4.62. The standard InChI is InChI=1S/C11H19N5O3/c17-5-1-2-15-3-4-16(7-9(18)6-15)11(19)10-12-8-13-14-10/h8-9,17-18H,1-7H2,(H,12,13,14). The molecule has 0 aromatic carbocycles. The van der Waals surface area contributed by atoms with E-state index in [-0.39, 0.29) is 24.9 Å². The highest BCUT2D eigenvalue weighted by atomic mass is 16.3. The Bertz CT molecular complexity index is 397. The van der Waals surface area contributed by atoms with Gasteiger partial charge in [-0.15, -0.1) is 0 Å². The Morgan fingerprint density at radius 2 is 2.32 bits per heavy atom. The number of aliphatic hydroxyl groups is 2. The number of hydrogen-bond acceptors (Lipinski definition) is 6. The second kappa shape index (κ2) is 6.60. The molecular weight excluding hydrogens is 250 g/mol. The molecule has 1 amide bonds. The molecule has 0 aliphatic carbocycles. The number of nitrogens with zero attached hydrogens (tertiary/aromatic N) is 4. The number of hydrogen-bond donors (Lipinski definition) is 3. The monoisotopic (exact) mass is 269 g/mol. The average molecular weight is 269 g/mol. The van der Waals surface area contributed by atoms with Crippen molar-refractivity contribution in [2.45, 2.75) is 12.5 Å². The Hall–Kier alpha value is -1.51. The first-order valence-corrected chi connectivity index (χ1v) is 6.36. The van der Waals surface area contributed by atoms with Gasteiger partial charge in [0.2, 0.25) is 5.82 Å². The molecule has 1 atom stereocenters. The number of amides is 1. The number of β-amino-alcohol motifs (C(OH)–C–C–N with tert-alkyl or cyclic N) is 1. The summed E-state index contributed by atoms with van der Waals surface area (Å²) in [4.78, 5) is 19.6. The minimum atomic E-state index is -0.590. The van der Waals surface area contributed by atoms with E-state index in [9.17, 15) is 9.90 Å². The molecule has 2 rings (SSSR count). The van der Waals surface area contributed by atoms with Crippen LogP contribution in [0.25, 0.3) is 0 Å². The maximum atomic E-state index is 12.1. The lowest BCUT2D eigenvalue weighted by atomic mass is 10.3. The van der Waals surface area contributed by atoms with Gasteiger partial charge in [-0.05, 0) is 6.42 Å². The van der Waals surface area contributed by atoms with Crippen LogP contribution in [0.4, 0.5) is 0 Å². The van der Waals surface area contributed by atoms with Gasteiger partial charge in [0.1, 0.15) is 6.33 Å². The molecule has 8 heteroatoms. The molecular formula is C11H19N5O3. The summed E-state index contributed by atoms with van der Waals surface area (Å²) in [6, 6.07) is 0. The van der Waals surface area contributed by atoms with Gasteiger partial charge in [0, 0.05) is 39.3 Å². The molecule has 1 aromatic heterocycles. The van der Waals surface area contributed by atoms with Crippen LogP contribution in [0.2, 0.25) is 0 Å². The number of aliphatic hydroxyl groups excluding tert-OH is 2. The van der Waals surface area contributed by atoms with E-state index in [1.165, 1.54) is 6.33 Å². The van der Waals surface area contributed by atoms with Gasteiger partial charge in [-0.1, -0.05) is 0 Å². The third-order valence-electron chi connectivity index (χ3n) is 3.12. The normalized spacial score (nSPS) is 21.4. The molecule has 1 unspecified atom stereocenters. The molecule has 1 aromatic rings. The van der Waals surface area contributed by atoms with Gasteiger partial charge in [-0.25, -0.2) is 4.98 Å². The van der Waals surface area contributed by atoms with Crippen molar-refractivity contribution in [1.29, 1.82) is 0 Å². The van der Waals surface area contributed by atoms with Crippen LogP contribution in [0.3, 0.4) is 0 Å². The highest BCUT2D eigenvalue weighted by Gasteiger charge is 2.26. The maximum Gasteiger partial charge on any atom is 0.291 e. The first-order valence-electron chi connectivity index (χ1n) is 6.36. The molecule has 8 nitrogen and oxygen atoms in total. The first-order chi connectivity index (χ1) is 9.20. The van der Waals surface area contributed by atoms with Crippen LogP contribution in [0.15, 0.2) is 6.33 Å². The number of aromatic nitrogens is 3. The Morgan fingerprint density at radius 3 is 3.00 bits per heavy atom. The van der Waals surface area contributed by atoms with Gasteiger partial charge in [-0.2, -0.15) is 5.10 Å².